The van der Waals surface area contributed by atoms with E-state index in [1.54, 1.807) is 24.4 Å². The van der Waals surface area contributed by atoms with Crippen LogP contribution in [0, 0.1) is 5.82 Å². The van der Waals surface area contributed by atoms with Gasteiger partial charge < -0.3 is 14.5 Å². The summed E-state index contributed by atoms with van der Waals surface area (Å²) in [6, 6.07) is 10.0. The van der Waals surface area contributed by atoms with E-state index < -0.39 is 0 Å². The van der Waals surface area contributed by atoms with Crippen molar-refractivity contribution in [1.29, 1.82) is 0 Å². The second kappa shape index (κ2) is 7.69. The first-order valence-electron chi connectivity index (χ1n) is 9.40. The Bertz CT molecular complexity index is 990. The van der Waals surface area contributed by atoms with E-state index in [0.717, 1.165) is 48.7 Å². The molecule has 0 spiro atoms. The van der Waals surface area contributed by atoms with Gasteiger partial charge in [-0.25, -0.2) is 9.37 Å². The van der Waals surface area contributed by atoms with Crippen molar-refractivity contribution in [2.75, 3.05) is 33.7 Å². The maximum atomic E-state index is 13.4. The molecule has 0 radical (unpaired) electrons. The smallest absolute Gasteiger partial charge is 0.247 e. The molecule has 3 aromatic rings. The molecule has 1 atom stereocenters. The van der Waals surface area contributed by atoms with Gasteiger partial charge in [-0.05, 0) is 44.4 Å². The van der Waals surface area contributed by atoms with Gasteiger partial charge in [0.25, 0.3) is 0 Å². The lowest BCUT2D eigenvalue weighted by molar-refractivity contribution is 0.103. The summed E-state index contributed by atoms with van der Waals surface area (Å²) in [7, 11) is 4.29. The van der Waals surface area contributed by atoms with Gasteiger partial charge >= 0.3 is 0 Å². The van der Waals surface area contributed by atoms with E-state index in [1.165, 1.54) is 18.2 Å². The number of nitrogens with one attached hydrogen (secondary N) is 1. The van der Waals surface area contributed by atoms with Crippen LogP contribution in [0.5, 0.6) is 0 Å². The zero-order valence-electron chi connectivity index (χ0n) is 16.1. The van der Waals surface area contributed by atoms with E-state index in [0.29, 0.717) is 6.04 Å². The number of imidazole rings is 1. The topological polar surface area (TPSA) is 57.2 Å². The van der Waals surface area contributed by atoms with E-state index >= 15 is 0 Å². The van der Waals surface area contributed by atoms with Crippen molar-refractivity contribution in [3.8, 4) is 22.5 Å². The average molecular weight is 381 g/mol. The van der Waals surface area contributed by atoms with Gasteiger partial charge in [0.2, 0.25) is 5.56 Å². The molecule has 0 saturated carbocycles. The number of H-pyrrole nitrogens is 1. The van der Waals surface area contributed by atoms with E-state index in [4.69, 9.17) is 0 Å². The fourth-order valence-electron chi connectivity index (χ4n) is 3.73. The molecular weight excluding hydrogens is 357 g/mol. The third-order valence-corrected chi connectivity index (χ3v) is 5.40. The molecule has 1 aromatic carbocycles. The van der Waals surface area contributed by atoms with Crippen molar-refractivity contribution >= 4 is 0 Å². The van der Waals surface area contributed by atoms with Crippen LogP contribution in [0.3, 0.4) is 0 Å². The Morgan fingerprint density at radius 2 is 1.86 bits per heavy atom. The van der Waals surface area contributed by atoms with Gasteiger partial charge in [-0.1, -0.05) is 0 Å². The number of hydrogen-bond acceptors (Lipinski definition) is 4. The first-order valence-corrected chi connectivity index (χ1v) is 9.40. The number of rotatable bonds is 4. The number of hydrogen-bond donors (Lipinski definition) is 1. The highest BCUT2D eigenvalue weighted by Crippen LogP contribution is 2.31. The molecule has 1 fully saturated rings. The largest absolute Gasteiger partial charge is 0.328 e. The first-order chi connectivity index (χ1) is 13.5. The highest BCUT2D eigenvalue weighted by Gasteiger charge is 2.24. The van der Waals surface area contributed by atoms with Crippen LogP contribution in [0.15, 0.2) is 53.7 Å². The van der Waals surface area contributed by atoms with Crippen molar-refractivity contribution < 1.29 is 4.39 Å². The van der Waals surface area contributed by atoms with Crippen LogP contribution in [-0.4, -0.2) is 64.1 Å². The van der Waals surface area contributed by atoms with Crippen LogP contribution >= 0.6 is 0 Å². The molecule has 146 valence electrons. The van der Waals surface area contributed by atoms with E-state index in [9.17, 15) is 9.18 Å². The summed E-state index contributed by atoms with van der Waals surface area (Å²) >= 11 is 0. The molecule has 2 aromatic heterocycles. The van der Waals surface area contributed by atoms with Crippen LogP contribution in [0.2, 0.25) is 0 Å². The molecule has 3 heterocycles. The van der Waals surface area contributed by atoms with Crippen LogP contribution in [0.1, 0.15) is 0 Å². The number of halogens is 1. The van der Waals surface area contributed by atoms with Crippen molar-refractivity contribution in [3.05, 3.63) is 65.1 Å². The molecule has 1 aliphatic heterocycles. The maximum Gasteiger partial charge on any atom is 0.247 e. The summed E-state index contributed by atoms with van der Waals surface area (Å²) in [5, 5.41) is 0. The summed E-state index contributed by atoms with van der Waals surface area (Å²) in [6.07, 6.45) is 3.54. The van der Waals surface area contributed by atoms with Crippen molar-refractivity contribution in [1.82, 2.24) is 24.3 Å². The number of nitrogens with zero attached hydrogens (tertiary/aromatic N) is 4. The number of benzene rings is 1. The van der Waals surface area contributed by atoms with Crippen molar-refractivity contribution in [3.63, 3.8) is 0 Å². The Morgan fingerprint density at radius 3 is 2.57 bits per heavy atom. The molecule has 1 unspecified atom stereocenters. The van der Waals surface area contributed by atoms with Gasteiger partial charge in [0.15, 0.2) is 0 Å². The van der Waals surface area contributed by atoms with Crippen LogP contribution < -0.4 is 5.56 Å². The van der Waals surface area contributed by atoms with Crippen LogP contribution in [-0.2, 0) is 6.54 Å². The van der Waals surface area contributed by atoms with Gasteiger partial charge in [0, 0.05) is 55.6 Å². The number of aromatic nitrogens is 3. The minimum Gasteiger partial charge on any atom is -0.328 e. The van der Waals surface area contributed by atoms with E-state index in [-0.39, 0.29) is 11.4 Å². The number of aromatic amines is 1. The predicted molar refractivity (Wildman–Crippen MR) is 108 cm³/mol. The normalized spacial score (nSPS) is 18.5. The zero-order valence-corrected chi connectivity index (χ0v) is 16.1. The lowest BCUT2D eigenvalue weighted by Gasteiger charge is -2.38. The Kier molecular flexibility index (Phi) is 5.11. The Hall–Kier alpha value is -2.77. The minimum atomic E-state index is -0.277. The second-order valence-corrected chi connectivity index (χ2v) is 7.44. The second-order valence-electron chi connectivity index (χ2n) is 7.44. The Labute approximate surface area is 163 Å². The third-order valence-electron chi connectivity index (χ3n) is 5.40. The van der Waals surface area contributed by atoms with E-state index in [2.05, 4.69) is 38.4 Å². The Morgan fingerprint density at radius 1 is 1.11 bits per heavy atom. The first kappa shape index (κ1) is 18.6. The van der Waals surface area contributed by atoms with Gasteiger partial charge in [0.05, 0.1) is 17.7 Å². The molecule has 7 heteroatoms. The lowest BCUT2D eigenvalue weighted by atomic mass is 10.1. The van der Waals surface area contributed by atoms with Crippen molar-refractivity contribution in [2.24, 2.45) is 0 Å². The molecule has 0 amide bonds. The molecule has 1 N–H and O–H groups in total. The number of piperazine rings is 1. The Balaban J connectivity index is 1.76. The van der Waals surface area contributed by atoms with Gasteiger partial charge in [0.1, 0.15) is 5.82 Å². The summed E-state index contributed by atoms with van der Waals surface area (Å²) in [5.41, 5.74) is 3.27. The van der Waals surface area contributed by atoms with Gasteiger partial charge in [-0.2, -0.15) is 0 Å². The van der Waals surface area contributed by atoms with Crippen LogP contribution in [0.25, 0.3) is 22.5 Å². The average Bonchev–Trinajstić information content (AvgIpc) is 3.09. The highest BCUT2D eigenvalue weighted by atomic mass is 19.1. The van der Waals surface area contributed by atoms with Crippen LogP contribution in [0.4, 0.5) is 4.39 Å². The van der Waals surface area contributed by atoms with Gasteiger partial charge in [-0.3, -0.25) is 9.69 Å². The molecule has 0 bridgehead atoms. The summed E-state index contributed by atoms with van der Waals surface area (Å²) in [6.45, 7) is 3.84. The van der Waals surface area contributed by atoms with Crippen molar-refractivity contribution in [2.45, 2.75) is 12.6 Å². The number of likely N-dealkylation sites (N-methyl/N-ethyl adjacent to an activating group) is 2. The standard InChI is InChI=1S/C21H24FN5O/c1-25-9-10-26(2)18(12-25)13-27-14-24-20(15-3-6-17(22)7-4-15)21(27)16-5-8-19(28)23-11-16/h3-8,11,14,18H,9-10,12-13H2,1-2H3,(H,23,28). The minimum absolute atomic E-state index is 0.146. The predicted octanol–water partition coefficient (Wildman–Crippen LogP) is 2.29. The summed E-state index contributed by atoms with van der Waals surface area (Å²) < 4.78 is 15.5. The lowest BCUT2D eigenvalue weighted by Crippen LogP contribution is -2.51. The monoisotopic (exact) mass is 381 g/mol. The maximum absolute atomic E-state index is 13.4. The van der Waals surface area contributed by atoms with Gasteiger partial charge in [-0.15, -0.1) is 0 Å². The zero-order chi connectivity index (χ0) is 19.7. The third kappa shape index (κ3) is 3.76. The highest BCUT2D eigenvalue weighted by molar-refractivity contribution is 5.78. The number of pyridine rings is 1. The molecule has 1 saturated heterocycles. The summed E-state index contributed by atoms with van der Waals surface area (Å²) in [5.74, 6) is -0.277. The quantitative estimate of drug-likeness (QED) is 0.753. The molecule has 1 aliphatic rings. The SMILES string of the molecule is CN1CCN(C)C(Cn2cnc(-c3ccc(F)cc3)c2-c2ccc(=O)[nH]c2)C1. The summed E-state index contributed by atoms with van der Waals surface area (Å²) in [4.78, 5) is 23.6. The molecule has 4 rings (SSSR count). The van der Waals surface area contributed by atoms with E-state index in [1.807, 2.05) is 6.33 Å². The molecule has 6 nitrogen and oxygen atoms in total. The molecule has 0 aliphatic carbocycles. The molecule has 28 heavy (non-hydrogen) atoms. The molecular formula is C21H24FN5O. The fourth-order valence-corrected chi connectivity index (χ4v) is 3.73. The fraction of sp³-hybridized carbons (Fsp3) is 0.333.